The second kappa shape index (κ2) is 17.2. The van der Waals surface area contributed by atoms with Crippen molar-refractivity contribution in [1.29, 1.82) is 0 Å². The molecule has 2 saturated heterocycles. The second-order valence-electron chi connectivity index (χ2n) is 19.8. The van der Waals surface area contributed by atoms with E-state index in [2.05, 4.69) is 20.8 Å². The molecule has 8 rings (SSSR count). The molecular formula is C44H70O14. The Hall–Kier alpha value is -1.72. The molecule has 0 amide bonds. The van der Waals surface area contributed by atoms with Gasteiger partial charge in [-0.25, -0.2) is 4.79 Å². The van der Waals surface area contributed by atoms with Crippen LogP contribution < -0.4 is 0 Å². The predicted molar refractivity (Wildman–Crippen MR) is 208 cm³/mol. The van der Waals surface area contributed by atoms with Crippen molar-refractivity contribution in [2.45, 2.75) is 204 Å². The van der Waals surface area contributed by atoms with Crippen LogP contribution in [0.2, 0.25) is 0 Å². The van der Waals surface area contributed by atoms with Crippen molar-refractivity contribution in [2.24, 2.45) is 40.4 Å². The Balaban J connectivity index is 0.00000122. The highest BCUT2D eigenvalue weighted by molar-refractivity contribution is 5.85. The fourth-order valence-corrected chi connectivity index (χ4v) is 13.3. The molecular weight excluding hydrogens is 752 g/mol. The number of aliphatic carboxylic acids is 1. The molecule has 3 heterocycles. The van der Waals surface area contributed by atoms with Crippen molar-refractivity contribution >= 4 is 11.9 Å². The molecule has 0 aromatic rings. The molecule has 8 aliphatic rings. The van der Waals surface area contributed by atoms with E-state index in [-0.39, 0.29) is 59.6 Å². The first kappa shape index (κ1) is 44.3. The van der Waals surface area contributed by atoms with Crippen LogP contribution in [-0.4, -0.2) is 128 Å². The quantitative estimate of drug-likeness (QED) is 0.201. The smallest absolute Gasteiger partial charge is 0.331 e. The lowest BCUT2D eigenvalue weighted by molar-refractivity contribution is -0.322. The number of esters is 1. The third-order valence-corrected chi connectivity index (χ3v) is 16.3. The molecule has 0 aromatic carbocycles. The Morgan fingerprint density at radius 3 is 2.03 bits per heavy atom. The maximum atomic E-state index is 12.6. The van der Waals surface area contributed by atoms with E-state index in [0.717, 1.165) is 76.7 Å². The number of aliphatic hydroxyl groups excluding tert-OH is 4. The second-order valence-corrected chi connectivity index (χ2v) is 19.8. The number of ether oxygens (including phenoxy) is 6. The lowest BCUT2D eigenvalue weighted by Gasteiger charge is -2.64. The molecule has 0 bridgehead atoms. The molecule has 14 nitrogen and oxygen atoms in total. The summed E-state index contributed by atoms with van der Waals surface area (Å²) >= 11 is 0. The Bertz CT molecular complexity index is 1470. The van der Waals surface area contributed by atoms with E-state index in [9.17, 15) is 30.3 Å². The van der Waals surface area contributed by atoms with E-state index in [4.69, 9.17) is 38.3 Å². The largest absolute Gasteiger partial charge is 0.481 e. The fraction of sp³-hybridized carbons (Fsp3) is 0.909. The minimum absolute atomic E-state index is 0.0234. The molecule has 0 unspecified atom stereocenters. The zero-order valence-electron chi connectivity index (χ0n) is 35.2. The molecule has 5 aliphatic carbocycles. The molecule has 7 fully saturated rings. The Labute approximate surface area is 342 Å². The zero-order chi connectivity index (χ0) is 41.9. The molecule has 5 saturated carbocycles. The van der Waals surface area contributed by atoms with Crippen LogP contribution in [0.15, 0.2) is 11.6 Å². The lowest BCUT2D eigenvalue weighted by Crippen LogP contribution is -2.62. The summed E-state index contributed by atoms with van der Waals surface area (Å²) in [7, 11) is 0. The number of carbonyl (C=O) groups is 2. The molecule has 14 heteroatoms. The first-order valence-electron chi connectivity index (χ1n) is 22.1. The molecule has 0 spiro atoms. The monoisotopic (exact) mass is 822 g/mol. The van der Waals surface area contributed by atoms with Gasteiger partial charge in [-0.15, -0.1) is 0 Å². The average Bonchev–Trinajstić information content (AvgIpc) is 3.69. The van der Waals surface area contributed by atoms with Gasteiger partial charge in [-0.05, 0) is 119 Å². The Morgan fingerprint density at radius 1 is 0.741 bits per heavy atom. The van der Waals surface area contributed by atoms with Gasteiger partial charge >= 0.3 is 5.97 Å². The predicted octanol–water partition coefficient (Wildman–Crippen LogP) is 4.00. The number of carboxylic acids is 1. The normalized spacial score (nSPS) is 51.6. The highest BCUT2D eigenvalue weighted by Crippen LogP contribution is 2.70. The van der Waals surface area contributed by atoms with Gasteiger partial charge < -0.3 is 59.1 Å². The van der Waals surface area contributed by atoms with Crippen molar-refractivity contribution in [1.82, 2.24) is 0 Å². The first-order valence-corrected chi connectivity index (χ1v) is 22.1. The number of hydrogen-bond acceptors (Lipinski definition) is 13. The minimum Gasteiger partial charge on any atom is -0.481 e. The first-order chi connectivity index (χ1) is 27.3. The van der Waals surface area contributed by atoms with Gasteiger partial charge in [-0.3, -0.25) is 4.79 Å². The Kier molecular flexibility index (Phi) is 13.2. The summed E-state index contributed by atoms with van der Waals surface area (Å²) in [4.78, 5) is 20.9. The fourth-order valence-electron chi connectivity index (χ4n) is 13.3. The number of rotatable bonds is 7. The highest BCUT2D eigenvalue weighted by Gasteiger charge is 2.68. The number of carbonyl (C=O) groups excluding carboxylic acids is 1. The van der Waals surface area contributed by atoms with Gasteiger partial charge in [0.15, 0.2) is 12.6 Å². The third-order valence-electron chi connectivity index (χ3n) is 16.3. The molecule has 0 radical (unpaired) electrons. The number of carboxylic acid groups (broad SMARTS) is 1. The molecule has 58 heavy (non-hydrogen) atoms. The van der Waals surface area contributed by atoms with Gasteiger partial charge in [0.2, 0.25) is 0 Å². The van der Waals surface area contributed by atoms with Gasteiger partial charge in [0, 0.05) is 37.7 Å². The van der Waals surface area contributed by atoms with Crippen LogP contribution in [0.25, 0.3) is 0 Å². The minimum atomic E-state index is -0.984. The average molecular weight is 823 g/mol. The maximum absolute atomic E-state index is 12.6. The third kappa shape index (κ3) is 8.42. The molecule has 3 aliphatic heterocycles. The zero-order valence-corrected chi connectivity index (χ0v) is 35.2. The topological polar surface area (TPSA) is 211 Å². The summed E-state index contributed by atoms with van der Waals surface area (Å²) in [6.07, 6.45) is 5.04. The van der Waals surface area contributed by atoms with Crippen molar-refractivity contribution in [2.75, 3.05) is 6.61 Å². The summed E-state index contributed by atoms with van der Waals surface area (Å²) < 4.78 is 36.3. The van der Waals surface area contributed by atoms with Crippen LogP contribution >= 0.6 is 0 Å². The van der Waals surface area contributed by atoms with Crippen molar-refractivity contribution in [3.63, 3.8) is 0 Å². The van der Waals surface area contributed by atoms with Crippen molar-refractivity contribution in [3.8, 4) is 0 Å². The summed E-state index contributed by atoms with van der Waals surface area (Å²) in [6, 6.07) is 0. The number of fused-ring (bicyclic) bond motifs is 5. The summed E-state index contributed by atoms with van der Waals surface area (Å²) in [5.41, 5.74) is 0.304. The van der Waals surface area contributed by atoms with Crippen LogP contribution in [0.3, 0.4) is 0 Å². The van der Waals surface area contributed by atoms with E-state index >= 15 is 0 Å². The van der Waals surface area contributed by atoms with Crippen molar-refractivity contribution in [3.05, 3.63) is 11.6 Å². The van der Waals surface area contributed by atoms with E-state index in [1.807, 2.05) is 0 Å². The Morgan fingerprint density at radius 2 is 1.40 bits per heavy atom. The van der Waals surface area contributed by atoms with Crippen LogP contribution in [-0.2, 0) is 38.0 Å². The maximum Gasteiger partial charge on any atom is 0.331 e. The van der Waals surface area contributed by atoms with Gasteiger partial charge in [-0.1, -0.05) is 20.8 Å². The van der Waals surface area contributed by atoms with Crippen LogP contribution in [0.5, 0.6) is 0 Å². The van der Waals surface area contributed by atoms with Crippen LogP contribution in [0.4, 0.5) is 0 Å². The van der Waals surface area contributed by atoms with Gasteiger partial charge in [-0.2, -0.15) is 0 Å². The lowest BCUT2D eigenvalue weighted by atomic mass is 9.43. The number of cyclic esters (lactones) is 1. The summed E-state index contributed by atoms with van der Waals surface area (Å²) in [5.74, 6) is 0.458. The number of aliphatic hydroxyl groups is 5. The molecule has 6 N–H and O–H groups in total. The standard InChI is InChI=1S/C42H66O12.C2H4O2/c1-21-14-27(17-32(44)38(21)53-36-19-33(45)39(23(3)51-36)54-35-18-31(43)37(47)22(2)50-35)52-26-8-11-40(4)25(16-26)6-7-30-29(40)9-12-41(5)28(10-13-42(30,41)48)24-15-34(46)49-20-24;1-2(3)4/h15,21-23,25-33,35-39,43-45,47-48H,6-14,16-20H2,1-5H3;1H3,(H,3,4)/t21-,22+,23+,25+,26-,27+,28+,29-,30+,31-,32-,33-,35-,36-,37+,38+,39+,40-,41+,42-;/m0./s1. The summed E-state index contributed by atoms with van der Waals surface area (Å²) in [5, 5.41) is 62.5. The van der Waals surface area contributed by atoms with E-state index in [0.29, 0.717) is 24.9 Å². The van der Waals surface area contributed by atoms with E-state index in [1.165, 1.54) is 0 Å². The molecule has 20 atom stereocenters. The molecule has 0 aromatic heterocycles. The number of hydrogen-bond donors (Lipinski definition) is 6. The van der Waals surface area contributed by atoms with Crippen molar-refractivity contribution < 1.29 is 68.6 Å². The SMILES string of the molecule is CC(=O)O.C[C@H]1C[C@@H](O[C@H]2CC[C@@]3(C)[C@H](CC[C@@H]4[C@@H]3CC[C@]3(C)[C@@H](C5=CC(=O)OC5)CC[C@]43O)C2)C[C@H](O)[C@@H]1O[C@H]1C[C@H](O)[C@H](O[C@H]2C[C@H](O)[C@H](O)[C@@H](C)O2)[C@@H](C)O1. The van der Waals surface area contributed by atoms with Crippen LogP contribution in [0.1, 0.15) is 125 Å². The highest BCUT2D eigenvalue weighted by atomic mass is 16.7. The van der Waals surface area contributed by atoms with E-state index < -0.39 is 73.0 Å². The van der Waals surface area contributed by atoms with Gasteiger partial charge in [0.05, 0.1) is 54.4 Å². The van der Waals surface area contributed by atoms with E-state index in [1.54, 1.807) is 19.9 Å². The van der Waals surface area contributed by atoms with Gasteiger partial charge in [0.1, 0.15) is 18.8 Å². The van der Waals surface area contributed by atoms with Gasteiger partial charge in [0.25, 0.3) is 5.97 Å². The van der Waals surface area contributed by atoms with Crippen LogP contribution in [0, 0.1) is 40.4 Å². The molecule has 330 valence electrons. The summed E-state index contributed by atoms with van der Waals surface area (Å²) in [6.45, 7) is 11.8.